The SMILES string of the molecule is CCCCN(CCO)CC1(CN)CCCC1. The normalized spacial score (nSPS) is 19.5. The van der Waals surface area contributed by atoms with Gasteiger partial charge in [0.25, 0.3) is 0 Å². The van der Waals surface area contributed by atoms with Crippen molar-refractivity contribution in [3.8, 4) is 0 Å². The summed E-state index contributed by atoms with van der Waals surface area (Å²) in [6.07, 6.45) is 7.66. The van der Waals surface area contributed by atoms with E-state index in [2.05, 4.69) is 11.8 Å². The summed E-state index contributed by atoms with van der Waals surface area (Å²) in [6.45, 7) is 6.29. The molecular formula is C13H28N2O. The van der Waals surface area contributed by atoms with Crippen molar-refractivity contribution in [3.05, 3.63) is 0 Å². The maximum Gasteiger partial charge on any atom is 0.0558 e. The van der Waals surface area contributed by atoms with Crippen LogP contribution in [0.25, 0.3) is 0 Å². The standard InChI is InChI=1S/C13H28N2O/c1-2-3-8-15(9-10-16)12-13(11-14)6-4-5-7-13/h16H,2-12,14H2,1H3. The van der Waals surface area contributed by atoms with Gasteiger partial charge < -0.3 is 15.7 Å². The van der Waals surface area contributed by atoms with Crippen molar-refractivity contribution in [2.45, 2.75) is 45.4 Å². The number of nitrogens with zero attached hydrogens (tertiary/aromatic N) is 1. The van der Waals surface area contributed by atoms with Gasteiger partial charge in [0, 0.05) is 13.1 Å². The topological polar surface area (TPSA) is 49.5 Å². The molecule has 3 nitrogen and oxygen atoms in total. The van der Waals surface area contributed by atoms with Gasteiger partial charge in [-0.2, -0.15) is 0 Å². The molecule has 0 atom stereocenters. The average molecular weight is 228 g/mol. The monoisotopic (exact) mass is 228 g/mol. The Bertz CT molecular complexity index is 179. The molecule has 0 spiro atoms. The van der Waals surface area contributed by atoms with E-state index < -0.39 is 0 Å². The average Bonchev–Trinajstić information content (AvgIpc) is 2.75. The summed E-state index contributed by atoms with van der Waals surface area (Å²) in [4.78, 5) is 2.40. The van der Waals surface area contributed by atoms with E-state index in [1.807, 2.05) is 0 Å². The second-order valence-corrected chi connectivity index (χ2v) is 5.26. The van der Waals surface area contributed by atoms with E-state index in [0.717, 1.165) is 26.2 Å². The first-order chi connectivity index (χ1) is 7.76. The first-order valence-electron chi connectivity index (χ1n) is 6.79. The Labute approximate surface area is 100 Å². The van der Waals surface area contributed by atoms with Gasteiger partial charge >= 0.3 is 0 Å². The smallest absolute Gasteiger partial charge is 0.0558 e. The third-order valence-corrected chi connectivity index (χ3v) is 3.90. The molecule has 0 radical (unpaired) electrons. The van der Waals surface area contributed by atoms with Gasteiger partial charge in [-0.3, -0.25) is 0 Å². The van der Waals surface area contributed by atoms with Crippen molar-refractivity contribution in [2.24, 2.45) is 11.1 Å². The van der Waals surface area contributed by atoms with Crippen LogP contribution >= 0.6 is 0 Å². The van der Waals surface area contributed by atoms with Crippen LogP contribution in [-0.2, 0) is 0 Å². The number of hydrogen-bond acceptors (Lipinski definition) is 3. The molecule has 96 valence electrons. The van der Waals surface area contributed by atoms with Crippen molar-refractivity contribution < 1.29 is 5.11 Å². The molecule has 0 unspecified atom stereocenters. The summed E-state index contributed by atoms with van der Waals surface area (Å²) < 4.78 is 0. The Hall–Kier alpha value is -0.120. The lowest BCUT2D eigenvalue weighted by atomic mass is 9.85. The van der Waals surface area contributed by atoms with Crippen molar-refractivity contribution >= 4 is 0 Å². The second kappa shape index (κ2) is 7.25. The summed E-state index contributed by atoms with van der Waals surface area (Å²) in [5.41, 5.74) is 6.30. The molecule has 1 fully saturated rings. The molecule has 3 heteroatoms. The molecule has 3 N–H and O–H groups in total. The Balaban J connectivity index is 2.44. The molecule has 0 aromatic rings. The van der Waals surface area contributed by atoms with E-state index in [1.165, 1.54) is 38.5 Å². The van der Waals surface area contributed by atoms with Gasteiger partial charge in [0.15, 0.2) is 0 Å². The van der Waals surface area contributed by atoms with Crippen LogP contribution in [0.5, 0.6) is 0 Å². The number of hydrogen-bond donors (Lipinski definition) is 2. The van der Waals surface area contributed by atoms with Crippen LogP contribution in [0.4, 0.5) is 0 Å². The van der Waals surface area contributed by atoms with E-state index >= 15 is 0 Å². The van der Waals surface area contributed by atoms with E-state index in [1.54, 1.807) is 0 Å². The second-order valence-electron chi connectivity index (χ2n) is 5.26. The zero-order valence-electron chi connectivity index (χ0n) is 10.7. The molecule has 0 amide bonds. The molecule has 0 aromatic carbocycles. The van der Waals surface area contributed by atoms with E-state index in [0.29, 0.717) is 5.41 Å². The predicted molar refractivity (Wildman–Crippen MR) is 68.4 cm³/mol. The lowest BCUT2D eigenvalue weighted by molar-refractivity contribution is 0.129. The zero-order valence-corrected chi connectivity index (χ0v) is 10.7. The molecule has 1 rings (SSSR count). The van der Waals surface area contributed by atoms with Gasteiger partial charge in [0.2, 0.25) is 0 Å². The molecule has 0 heterocycles. The van der Waals surface area contributed by atoms with Crippen LogP contribution in [-0.4, -0.2) is 42.8 Å². The first-order valence-corrected chi connectivity index (χ1v) is 6.79. The molecule has 0 saturated heterocycles. The Morgan fingerprint density at radius 1 is 1.25 bits per heavy atom. The van der Waals surface area contributed by atoms with Crippen LogP contribution in [0.15, 0.2) is 0 Å². The molecule has 1 saturated carbocycles. The van der Waals surface area contributed by atoms with Gasteiger partial charge in [-0.15, -0.1) is 0 Å². The molecule has 16 heavy (non-hydrogen) atoms. The van der Waals surface area contributed by atoms with Crippen molar-refractivity contribution in [1.29, 1.82) is 0 Å². The van der Waals surface area contributed by atoms with E-state index in [-0.39, 0.29) is 6.61 Å². The van der Waals surface area contributed by atoms with Crippen LogP contribution in [0.3, 0.4) is 0 Å². The molecule has 1 aliphatic rings. The highest BCUT2D eigenvalue weighted by Gasteiger charge is 2.33. The number of aliphatic hydroxyl groups excluding tert-OH is 1. The highest BCUT2D eigenvalue weighted by molar-refractivity contribution is 4.88. The fourth-order valence-electron chi connectivity index (χ4n) is 2.82. The predicted octanol–water partition coefficient (Wildman–Crippen LogP) is 1.60. The van der Waals surface area contributed by atoms with Crippen LogP contribution in [0.2, 0.25) is 0 Å². The molecule has 0 aromatic heterocycles. The fraction of sp³-hybridized carbons (Fsp3) is 1.00. The summed E-state index contributed by atoms with van der Waals surface area (Å²) in [5.74, 6) is 0. The highest BCUT2D eigenvalue weighted by Crippen LogP contribution is 2.37. The van der Waals surface area contributed by atoms with Crippen molar-refractivity contribution in [2.75, 3.05) is 32.8 Å². The van der Waals surface area contributed by atoms with Gasteiger partial charge in [0.1, 0.15) is 0 Å². The maximum absolute atomic E-state index is 9.09. The minimum absolute atomic E-state index is 0.268. The third kappa shape index (κ3) is 4.04. The minimum atomic E-state index is 0.268. The van der Waals surface area contributed by atoms with E-state index in [4.69, 9.17) is 10.8 Å². The number of unbranched alkanes of at least 4 members (excludes halogenated alkanes) is 1. The van der Waals surface area contributed by atoms with Crippen molar-refractivity contribution in [3.63, 3.8) is 0 Å². The van der Waals surface area contributed by atoms with Crippen LogP contribution < -0.4 is 5.73 Å². The first kappa shape index (κ1) is 13.9. The maximum atomic E-state index is 9.09. The third-order valence-electron chi connectivity index (χ3n) is 3.90. The number of aliphatic hydroxyl groups is 1. The minimum Gasteiger partial charge on any atom is -0.395 e. The molecule has 1 aliphatic carbocycles. The highest BCUT2D eigenvalue weighted by atomic mass is 16.3. The summed E-state index contributed by atoms with van der Waals surface area (Å²) in [6, 6.07) is 0. The molecule has 0 bridgehead atoms. The molecular weight excluding hydrogens is 200 g/mol. The van der Waals surface area contributed by atoms with Gasteiger partial charge in [0.05, 0.1) is 6.61 Å². The van der Waals surface area contributed by atoms with Gasteiger partial charge in [-0.25, -0.2) is 0 Å². The zero-order chi connectivity index (χ0) is 11.9. The summed E-state index contributed by atoms with van der Waals surface area (Å²) in [5, 5.41) is 9.09. The quantitative estimate of drug-likeness (QED) is 0.663. The number of nitrogens with two attached hydrogens (primary N) is 1. The van der Waals surface area contributed by atoms with Crippen LogP contribution in [0.1, 0.15) is 45.4 Å². The van der Waals surface area contributed by atoms with Gasteiger partial charge in [-0.05, 0) is 37.8 Å². The fourth-order valence-corrected chi connectivity index (χ4v) is 2.82. The number of rotatable bonds is 8. The van der Waals surface area contributed by atoms with E-state index in [9.17, 15) is 0 Å². The largest absolute Gasteiger partial charge is 0.395 e. The molecule has 0 aliphatic heterocycles. The Morgan fingerprint density at radius 3 is 2.44 bits per heavy atom. The Kier molecular flexibility index (Phi) is 6.32. The van der Waals surface area contributed by atoms with Crippen molar-refractivity contribution in [1.82, 2.24) is 4.90 Å². The Morgan fingerprint density at radius 2 is 1.94 bits per heavy atom. The summed E-state index contributed by atoms with van der Waals surface area (Å²) >= 11 is 0. The van der Waals surface area contributed by atoms with Gasteiger partial charge in [-0.1, -0.05) is 26.2 Å². The lowest BCUT2D eigenvalue weighted by Gasteiger charge is -2.34. The lowest BCUT2D eigenvalue weighted by Crippen LogP contribution is -2.42. The van der Waals surface area contributed by atoms with Crippen LogP contribution in [0, 0.1) is 5.41 Å². The summed E-state index contributed by atoms with van der Waals surface area (Å²) in [7, 11) is 0.